The molecule has 1 saturated carbocycles. The van der Waals surface area contributed by atoms with E-state index in [0.717, 1.165) is 35.7 Å². The van der Waals surface area contributed by atoms with E-state index in [1.54, 1.807) is 14.2 Å². The highest BCUT2D eigenvalue weighted by atomic mass is 32.1. The van der Waals surface area contributed by atoms with Crippen LogP contribution in [0, 0.1) is 0 Å². The van der Waals surface area contributed by atoms with Crippen LogP contribution in [0.25, 0.3) is 10.9 Å². The Morgan fingerprint density at radius 2 is 1.83 bits per heavy atom. The van der Waals surface area contributed by atoms with Gasteiger partial charge < -0.3 is 34.1 Å². The molecule has 1 aliphatic carbocycles. The number of hydrogen-bond acceptors (Lipinski definition) is 6. The first-order valence-electron chi connectivity index (χ1n) is 12.3. The Morgan fingerprint density at radius 1 is 1.08 bits per heavy atom. The van der Waals surface area contributed by atoms with Crippen molar-refractivity contribution in [2.45, 2.75) is 44.7 Å². The van der Waals surface area contributed by atoms with Crippen molar-refractivity contribution in [3.8, 4) is 23.0 Å². The van der Waals surface area contributed by atoms with Crippen LogP contribution in [0.4, 0.5) is 0 Å². The van der Waals surface area contributed by atoms with Crippen LogP contribution < -0.4 is 29.8 Å². The summed E-state index contributed by atoms with van der Waals surface area (Å²) in [4.78, 5) is 18.2. The molecule has 1 fully saturated rings. The fourth-order valence-corrected chi connectivity index (χ4v) is 5.29. The summed E-state index contributed by atoms with van der Waals surface area (Å²) in [7, 11) is 3.27. The van der Waals surface area contributed by atoms with Gasteiger partial charge in [0.15, 0.2) is 28.1 Å². The lowest BCUT2D eigenvalue weighted by molar-refractivity contribution is 0.174. The summed E-state index contributed by atoms with van der Waals surface area (Å²) in [6.07, 6.45) is 5.27. The number of aromatic nitrogens is 1. The van der Waals surface area contributed by atoms with Crippen LogP contribution in [0.15, 0.2) is 41.2 Å². The molecular weight excluding hydrogens is 478 g/mol. The van der Waals surface area contributed by atoms with Crippen molar-refractivity contribution in [1.82, 2.24) is 15.2 Å². The maximum Gasteiger partial charge on any atom is 0.253 e. The van der Waals surface area contributed by atoms with Gasteiger partial charge in [0.25, 0.3) is 5.56 Å². The third-order valence-corrected chi connectivity index (χ3v) is 7.30. The van der Waals surface area contributed by atoms with Gasteiger partial charge in [-0.15, -0.1) is 0 Å². The number of fused-ring (bicyclic) bond motifs is 2. The highest BCUT2D eigenvalue weighted by Gasteiger charge is 2.26. The smallest absolute Gasteiger partial charge is 0.253 e. The fourth-order valence-electron chi connectivity index (χ4n) is 4.98. The quantitative estimate of drug-likeness (QED) is 0.439. The van der Waals surface area contributed by atoms with Crippen LogP contribution in [0.5, 0.6) is 23.0 Å². The standard InChI is InChI=1S/C27H31N3O5S/c1-32-22-8-7-17(11-23(22)33-2)9-10-28-27(36)30(20-5-3-4-6-20)15-19-12-18-13-24-25(35-16-34-24)14-21(18)29-26(19)31/h7-8,11-14,20H,3-6,9-10,15-16H2,1-2H3,(H,28,36)(H,29,31). The molecule has 0 bridgehead atoms. The van der Waals surface area contributed by atoms with Crippen molar-refractivity contribution in [2.24, 2.45) is 0 Å². The van der Waals surface area contributed by atoms with Gasteiger partial charge >= 0.3 is 0 Å². The summed E-state index contributed by atoms with van der Waals surface area (Å²) in [6.45, 7) is 1.32. The van der Waals surface area contributed by atoms with E-state index in [2.05, 4.69) is 15.2 Å². The van der Waals surface area contributed by atoms with Crippen molar-refractivity contribution < 1.29 is 18.9 Å². The molecule has 36 heavy (non-hydrogen) atoms. The van der Waals surface area contributed by atoms with Crippen molar-refractivity contribution in [3.63, 3.8) is 0 Å². The predicted molar refractivity (Wildman–Crippen MR) is 142 cm³/mol. The van der Waals surface area contributed by atoms with Gasteiger partial charge in [0.2, 0.25) is 6.79 Å². The minimum Gasteiger partial charge on any atom is -0.493 e. The second-order valence-electron chi connectivity index (χ2n) is 9.15. The lowest BCUT2D eigenvalue weighted by Gasteiger charge is -2.31. The van der Waals surface area contributed by atoms with Crippen molar-refractivity contribution >= 4 is 28.2 Å². The highest BCUT2D eigenvalue weighted by molar-refractivity contribution is 7.80. The van der Waals surface area contributed by atoms with Gasteiger partial charge in [-0.05, 0) is 61.3 Å². The monoisotopic (exact) mass is 509 g/mol. The Balaban J connectivity index is 1.30. The molecule has 2 N–H and O–H groups in total. The number of hydrogen-bond donors (Lipinski definition) is 2. The largest absolute Gasteiger partial charge is 0.493 e. The van der Waals surface area contributed by atoms with Crippen LogP contribution in [0.3, 0.4) is 0 Å². The fraction of sp³-hybridized carbons (Fsp3) is 0.407. The summed E-state index contributed by atoms with van der Waals surface area (Å²) in [5, 5.41) is 5.01. The van der Waals surface area contributed by atoms with Gasteiger partial charge in [0.1, 0.15) is 0 Å². The second-order valence-corrected chi connectivity index (χ2v) is 9.54. The van der Waals surface area contributed by atoms with E-state index < -0.39 is 0 Å². The molecule has 0 unspecified atom stereocenters. The van der Waals surface area contributed by atoms with E-state index in [0.29, 0.717) is 52.8 Å². The van der Waals surface area contributed by atoms with Crippen molar-refractivity contribution in [3.05, 3.63) is 57.9 Å². The number of benzene rings is 2. The zero-order valence-corrected chi connectivity index (χ0v) is 21.4. The molecule has 0 amide bonds. The average Bonchev–Trinajstić information content (AvgIpc) is 3.58. The predicted octanol–water partition coefficient (Wildman–Crippen LogP) is 4.14. The number of pyridine rings is 1. The Labute approximate surface area is 215 Å². The molecule has 0 atom stereocenters. The van der Waals surface area contributed by atoms with Gasteiger partial charge in [0, 0.05) is 29.6 Å². The van der Waals surface area contributed by atoms with Crippen LogP contribution in [-0.2, 0) is 13.0 Å². The van der Waals surface area contributed by atoms with Gasteiger partial charge in [-0.3, -0.25) is 4.79 Å². The van der Waals surface area contributed by atoms with Gasteiger partial charge in [0.05, 0.1) is 26.3 Å². The summed E-state index contributed by atoms with van der Waals surface area (Å²) < 4.78 is 21.7. The molecule has 5 rings (SSSR count). The molecule has 1 aromatic heterocycles. The zero-order valence-electron chi connectivity index (χ0n) is 20.6. The van der Waals surface area contributed by atoms with Crippen LogP contribution in [0.1, 0.15) is 36.8 Å². The maximum absolute atomic E-state index is 13.0. The normalized spacial score (nSPS) is 14.7. The number of thiocarbonyl (C=S) groups is 1. The van der Waals surface area contributed by atoms with Gasteiger partial charge in [-0.25, -0.2) is 0 Å². The summed E-state index contributed by atoms with van der Waals surface area (Å²) >= 11 is 5.84. The third kappa shape index (κ3) is 5.06. The maximum atomic E-state index is 13.0. The summed E-state index contributed by atoms with van der Waals surface area (Å²) in [6, 6.07) is 11.9. The minimum absolute atomic E-state index is 0.113. The SMILES string of the molecule is COc1ccc(CCNC(=S)N(Cc2cc3cc4c(cc3[nH]c2=O)OCO4)C2CCCC2)cc1OC. The molecular formula is C27H31N3O5S. The molecule has 8 nitrogen and oxygen atoms in total. The average molecular weight is 510 g/mol. The lowest BCUT2D eigenvalue weighted by Crippen LogP contribution is -2.45. The number of nitrogens with one attached hydrogen (secondary N) is 2. The van der Waals surface area contributed by atoms with E-state index in [9.17, 15) is 4.79 Å². The Bertz CT molecular complexity index is 1320. The number of aromatic amines is 1. The van der Waals surface area contributed by atoms with E-state index in [-0.39, 0.29) is 12.4 Å². The zero-order chi connectivity index (χ0) is 25.1. The molecule has 0 spiro atoms. The molecule has 0 saturated heterocycles. The lowest BCUT2D eigenvalue weighted by atomic mass is 10.1. The molecule has 2 aromatic carbocycles. The van der Waals surface area contributed by atoms with Crippen LogP contribution >= 0.6 is 12.2 Å². The molecule has 3 aromatic rings. The first-order chi connectivity index (χ1) is 17.6. The molecule has 1 aliphatic heterocycles. The number of methoxy groups -OCH3 is 2. The van der Waals surface area contributed by atoms with Crippen molar-refractivity contribution in [2.75, 3.05) is 27.6 Å². The Kier molecular flexibility index (Phi) is 7.18. The number of ether oxygens (including phenoxy) is 4. The first kappa shape index (κ1) is 24.2. The second kappa shape index (κ2) is 10.7. The number of H-pyrrole nitrogens is 1. The minimum atomic E-state index is -0.113. The summed E-state index contributed by atoms with van der Waals surface area (Å²) in [5.74, 6) is 2.77. The number of rotatable bonds is 8. The van der Waals surface area contributed by atoms with E-state index in [4.69, 9.17) is 31.2 Å². The third-order valence-electron chi connectivity index (χ3n) is 6.92. The summed E-state index contributed by atoms with van der Waals surface area (Å²) in [5.41, 5.74) is 2.42. The van der Waals surface area contributed by atoms with E-state index in [1.165, 1.54) is 12.8 Å². The molecule has 0 radical (unpaired) electrons. The Morgan fingerprint density at radius 3 is 2.58 bits per heavy atom. The van der Waals surface area contributed by atoms with Crippen LogP contribution in [0.2, 0.25) is 0 Å². The highest BCUT2D eigenvalue weighted by Crippen LogP contribution is 2.35. The van der Waals surface area contributed by atoms with Crippen LogP contribution in [-0.4, -0.2) is 48.6 Å². The van der Waals surface area contributed by atoms with E-state index in [1.807, 2.05) is 36.4 Å². The number of nitrogens with zero attached hydrogens (tertiary/aromatic N) is 1. The topological polar surface area (TPSA) is 85.1 Å². The van der Waals surface area contributed by atoms with Crippen molar-refractivity contribution in [1.29, 1.82) is 0 Å². The molecule has 2 aliphatic rings. The first-order valence-corrected chi connectivity index (χ1v) is 12.7. The molecule has 2 heterocycles. The molecule has 190 valence electrons. The van der Waals surface area contributed by atoms with Gasteiger partial charge in [-0.2, -0.15) is 0 Å². The molecule has 9 heteroatoms. The Hall–Kier alpha value is -3.46. The van der Waals surface area contributed by atoms with Gasteiger partial charge in [-0.1, -0.05) is 18.9 Å². The van der Waals surface area contributed by atoms with E-state index >= 15 is 0 Å².